The zero-order valence-electron chi connectivity index (χ0n) is 3.42. The third-order valence-electron chi connectivity index (χ3n) is 0. The van der Waals surface area contributed by atoms with Gasteiger partial charge in [-0.05, 0) is 0 Å². The summed E-state index contributed by atoms with van der Waals surface area (Å²) in [6, 6.07) is 0. The van der Waals surface area contributed by atoms with Gasteiger partial charge in [0.15, 0.2) is 0 Å². The molecule has 0 aromatic heterocycles. The van der Waals surface area contributed by atoms with Crippen molar-refractivity contribution in [3.05, 3.63) is 24.6 Å². The molecule has 0 aliphatic rings. The molecule has 0 rings (SSSR count). The molecule has 4 nitrogen and oxygen atoms in total. The quantitative estimate of drug-likeness (QED) is 0.555. The molecule has 0 aliphatic heterocycles. The van der Waals surface area contributed by atoms with Gasteiger partial charge in [-0.15, -0.1) is 0 Å². The summed E-state index contributed by atoms with van der Waals surface area (Å²) >= 11 is -0.346. The molecule has 0 bridgehead atoms. The third kappa shape index (κ3) is 165. The fourth-order valence-electron chi connectivity index (χ4n) is 0. The smallest absolute Gasteiger partial charge is 0.693 e. The van der Waals surface area contributed by atoms with Crippen molar-refractivity contribution in [1.29, 1.82) is 0 Å². The Hall–Kier alpha value is 1.04. The van der Waals surface area contributed by atoms with E-state index in [1.54, 1.807) is 0 Å². The molecule has 0 aromatic carbocycles. The van der Waals surface area contributed by atoms with Gasteiger partial charge in [-0.1, -0.05) is 0 Å². The second-order valence-corrected chi connectivity index (χ2v) is 2.69. The zero-order valence-corrected chi connectivity index (χ0v) is 6.67. The Kier molecular flexibility index (Phi) is 379. The van der Waals surface area contributed by atoms with E-state index in [4.69, 9.17) is 19.4 Å². The van der Waals surface area contributed by atoms with Crippen LogP contribution in [0.5, 0.6) is 0 Å². The van der Waals surface area contributed by atoms with Gasteiger partial charge in [-0.3, -0.25) is 0 Å². The SMILES string of the molecule is [Cl][Ru][Cl].[NH2-].[NH2-].[NH2-].[NH2-]. The van der Waals surface area contributed by atoms with E-state index in [0.717, 1.165) is 0 Å². The van der Waals surface area contributed by atoms with E-state index in [0.29, 0.717) is 0 Å². The molecule has 0 saturated heterocycles. The topological polar surface area (TPSA) is 134 Å². The van der Waals surface area contributed by atoms with Gasteiger partial charge >= 0.3 is 34.5 Å². The van der Waals surface area contributed by atoms with E-state index in [2.05, 4.69) is 0 Å². The van der Waals surface area contributed by atoms with E-state index in [1.807, 2.05) is 0 Å². The molecule has 0 radical (unpaired) electrons. The normalized spacial score (nSPS) is 3.14. The van der Waals surface area contributed by atoms with Gasteiger partial charge in [0.2, 0.25) is 0 Å². The summed E-state index contributed by atoms with van der Waals surface area (Å²) in [5.41, 5.74) is 0. The van der Waals surface area contributed by atoms with Crippen molar-refractivity contribution >= 4 is 19.4 Å². The van der Waals surface area contributed by atoms with Crippen LogP contribution >= 0.6 is 19.4 Å². The van der Waals surface area contributed by atoms with Crippen molar-refractivity contribution < 1.29 is 15.1 Å². The van der Waals surface area contributed by atoms with Crippen LogP contribution in [0.4, 0.5) is 0 Å². The van der Waals surface area contributed by atoms with Crippen molar-refractivity contribution in [2.24, 2.45) is 0 Å². The molecule has 7 heavy (non-hydrogen) atoms. The average Bonchev–Trinajstić information content (AvgIpc) is 0.918. The molecule has 0 unspecified atom stereocenters. The maximum atomic E-state index is 4.85. The maximum absolute atomic E-state index is 4.85. The van der Waals surface area contributed by atoms with Crippen molar-refractivity contribution in [3.63, 3.8) is 0 Å². The number of rotatable bonds is 0. The van der Waals surface area contributed by atoms with E-state index in [1.165, 1.54) is 0 Å². The van der Waals surface area contributed by atoms with Crippen LogP contribution in [-0.4, -0.2) is 0 Å². The number of halogens is 2. The monoisotopic (exact) mass is 236 g/mol. The summed E-state index contributed by atoms with van der Waals surface area (Å²) in [5, 5.41) is 0. The maximum Gasteiger partial charge on any atom is -0.693 e. The fraction of sp³-hybridized carbons (Fsp3) is 0. The van der Waals surface area contributed by atoms with Gasteiger partial charge in [0, 0.05) is 0 Å². The molecular weight excluding hydrogens is 228 g/mol. The summed E-state index contributed by atoms with van der Waals surface area (Å²) in [4.78, 5) is 0. The Morgan fingerprint density at radius 3 is 0.714 bits per heavy atom. The predicted molar refractivity (Wildman–Crippen MR) is 32.8 cm³/mol. The van der Waals surface area contributed by atoms with Crippen molar-refractivity contribution in [3.8, 4) is 0 Å². The summed E-state index contributed by atoms with van der Waals surface area (Å²) in [6.07, 6.45) is 0. The minimum Gasteiger partial charge on any atom is -0.693 e. The van der Waals surface area contributed by atoms with Gasteiger partial charge in [-0.25, -0.2) is 0 Å². The standard InChI is InChI=1S/2ClH.4H2N.Ru/h2*1H;4*1H2;/q;;4*-1;+2/p-2. The Bertz CT molecular complexity index is 9.65. The Morgan fingerprint density at radius 1 is 0.714 bits per heavy atom. The Balaban J connectivity index is -0.00000000333. The van der Waals surface area contributed by atoms with Crippen LogP contribution in [0.25, 0.3) is 24.6 Å². The second kappa shape index (κ2) is 61.6. The number of hydrogen-bond acceptors (Lipinski definition) is 0. The van der Waals surface area contributed by atoms with Crippen LogP contribution in [0.2, 0.25) is 0 Å². The summed E-state index contributed by atoms with van der Waals surface area (Å²) in [5.74, 6) is 0. The summed E-state index contributed by atoms with van der Waals surface area (Å²) in [6.45, 7) is 0. The minimum absolute atomic E-state index is 0. The molecule has 0 amide bonds. The minimum atomic E-state index is -0.346. The Morgan fingerprint density at radius 2 is 0.714 bits per heavy atom. The van der Waals surface area contributed by atoms with Crippen molar-refractivity contribution in [2.75, 3.05) is 0 Å². The zero-order chi connectivity index (χ0) is 2.71. The molecule has 8 N–H and O–H groups in total. The van der Waals surface area contributed by atoms with Crippen LogP contribution < -0.4 is 0 Å². The molecular formula is H8Cl2N4Ru-4. The van der Waals surface area contributed by atoms with Crippen LogP contribution in [0.1, 0.15) is 0 Å². The summed E-state index contributed by atoms with van der Waals surface area (Å²) < 4.78 is 0. The molecule has 7 heteroatoms. The van der Waals surface area contributed by atoms with Gasteiger partial charge in [0.05, 0.1) is 0 Å². The van der Waals surface area contributed by atoms with Gasteiger partial charge < -0.3 is 24.6 Å². The average molecular weight is 236 g/mol. The second-order valence-electron chi connectivity index (χ2n) is 0.0505. The first-order chi connectivity index (χ1) is 1.41. The molecule has 0 fully saturated rings. The van der Waals surface area contributed by atoms with E-state index in [9.17, 15) is 0 Å². The molecule has 0 aliphatic carbocycles. The number of hydrogen-bond donors (Lipinski definition) is 0. The largest absolute Gasteiger partial charge is 0.693 e. The molecule has 0 saturated carbocycles. The first-order valence-corrected chi connectivity index (χ1v) is 4.74. The van der Waals surface area contributed by atoms with Gasteiger partial charge in [-0.2, -0.15) is 0 Å². The Labute approximate surface area is 59.3 Å². The van der Waals surface area contributed by atoms with Crippen LogP contribution in [0, 0.1) is 0 Å². The first kappa shape index (κ1) is 43.1. The number of nitrogens with two attached hydrogens (primary N) is 4. The van der Waals surface area contributed by atoms with E-state index >= 15 is 0 Å². The predicted octanol–water partition coefficient (Wildman–Crippen LogP) is 4.24. The van der Waals surface area contributed by atoms with Gasteiger partial charge in [0.1, 0.15) is 0 Å². The molecule has 0 heterocycles. The molecule has 0 atom stereocenters. The molecule has 54 valence electrons. The van der Waals surface area contributed by atoms with E-state index in [-0.39, 0.29) is 39.7 Å². The summed E-state index contributed by atoms with van der Waals surface area (Å²) in [7, 11) is 9.71. The van der Waals surface area contributed by atoms with E-state index < -0.39 is 0 Å². The van der Waals surface area contributed by atoms with Crippen molar-refractivity contribution in [2.45, 2.75) is 0 Å². The van der Waals surface area contributed by atoms with Gasteiger partial charge in [0.25, 0.3) is 0 Å². The van der Waals surface area contributed by atoms with Crippen LogP contribution in [-0.2, 0) is 15.1 Å². The van der Waals surface area contributed by atoms with Crippen LogP contribution in [0.15, 0.2) is 0 Å². The van der Waals surface area contributed by atoms with Crippen molar-refractivity contribution in [1.82, 2.24) is 0 Å². The third-order valence-corrected chi connectivity index (χ3v) is 0. The first-order valence-electron chi connectivity index (χ1n) is 0.267. The molecule has 0 spiro atoms. The molecule has 0 aromatic rings. The fourth-order valence-corrected chi connectivity index (χ4v) is 0. The van der Waals surface area contributed by atoms with Crippen LogP contribution in [0.3, 0.4) is 0 Å².